The van der Waals surface area contributed by atoms with E-state index in [0.717, 1.165) is 30.2 Å². The molecular weight excluding hydrogens is 331 g/mol. The molecule has 0 aromatic heterocycles. The first-order valence-corrected chi connectivity index (χ1v) is 8.53. The topological polar surface area (TPSA) is 17.1 Å². The van der Waals surface area contributed by atoms with E-state index in [1.165, 1.54) is 6.07 Å². The minimum atomic E-state index is -0.282. The van der Waals surface area contributed by atoms with E-state index in [1.54, 1.807) is 12.1 Å². The number of benzene rings is 1. The number of halogens is 2. The summed E-state index contributed by atoms with van der Waals surface area (Å²) in [5.74, 6) is 0.723. The van der Waals surface area contributed by atoms with Gasteiger partial charge in [0.1, 0.15) is 11.6 Å². The molecule has 0 radical (unpaired) electrons. The summed E-state index contributed by atoms with van der Waals surface area (Å²) < 4.78 is 14.6. The predicted molar refractivity (Wildman–Crippen MR) is 87.7 cm³/mol. The molecule has 116 valence electrons. The molecule has 1 aliphatic carbocycles. The summed E-state index contributed by atoms with van der Waals surface area (Å²) in [5.41, 5.74) is 0.831. The van der Waals surface area contributed by atoms with Crippen LogP contribution in [0.4, 0.5) is 4.39 Å². The third kappa shape index (κ3) is 4.38. The summed E-state index contributed by atoms with van der Waals surface area (Å²) in [6, 6.07) is 4.80. The van der Waals surface area contributed by atoms with Gasteiger partial charge in [0, 0.05) is 16.8 Å². The van der Waals surface area contributed by atoms with E-state index in [0.29, 0.717) is 16.9 Å². The number of hydrogen-bond acceptors (Lipinski definition) is 1. The summed E-state index contributed by atoms with van der Waals surface area (Å²) in [6.45, 7) is 6.82. The van der Waals surface area contributed by atoms with E-state index in [9.17, 15) is 9.18 Å². The molecule has 1 aliphatic rings. The lowest BCUT2D eigenvalue weighted by Gasteiger charge is -2.36. The lowest BCUT2D eigenvalue weighted by molar-refractivity contribution is -0.123. The third-order valence-corrected chi connectivity index (χ3v) is 5.27. The quantitative estimate of drug-likeness (QED) is 0.695. The van der Waals surface area contributed by atoms with Crippen LogP contribution in [-0.2, 0) is 11.2 Å². The number of hydrogen-bond donors (Lipinski definition) is 0. The van der Waals surface area contributed by atoms with Crippen LogP contribution in [0.2, 0.25) is 0 Å². The zero-order valence-electron chi connectivity index (χ0n) is 13.1. The summed E-state index contributed by atoms with van der Waals surface area (Å²) >= 11 is 3.33. The Morgan fingerprint density at radius 2 is 1.86 bits per heavy atom. The number of Topliss-reactive ketones (excluding diaryl/α,β-unsaturated/α-hetero) is 1. The van der Waals surface area contributed by atoms with Crippen molar-refractivity contribution in [1.82, 2.24) is 0 Å². The number of carbonyl (C=O) groups excluding carboxylic acids is 1. The van der Waals surface area contributed by atoms with E-state index >= 15 is 0 Å². The average Bonchev–Trinajstić information content (AvgIpc) is 2.42. The van der Waals surface area contributed by atoms with Crippen LogP contribution in [0.5, 0.6) is 0 Å². The highest BCUT2D eigenvalue weighted by Gasteiger charge is 2.32. The van der Waals surface area contributed by atoms with E-state index in [4.69, 9.17) is 0 Å². The van der Waals surface area contributed by atoms with Crippen molar-refractivity contribution in [3.05, 3.63) is 34.1 Å². The summed E-state index contributed by atoms with van der Waals surface area (Å²) in [5, 5.41) is 0. The van der Waals surface area contributed by atoms with E-state index in [-0.39, 0.29) is 23.9 Å². The second-order valence-electron chi connectivity index (χ2n) is 7.29. The molecule has 0 N–H and O–H groups in total. The first kappa shape index (κ1) is 16.7. The Labute approximate surface area is 135 Å². The highest BCUT2D eigenvalue weighted by atomic mass is 79.9. The second-order valence-corrected chi connectivity index (χ2v) is 8.21. The Hall–Kier alpha value is -0.700. The number of rotatable bonds is 3. The molecule has 0 atom stereocenters. The van der Waals surface area contributed by atoms with Crippen molar-refractivity contribution in [3.8, 4) is 0 Å². The highest BCUT2D eigenvalue weighted by molar-refractivity contribution is 9.10. The molecule has 1 fully saturated rings. The van der Waals surface area contributed by atoms with Crippen molar-refractivity contribution in [2.75, 3.05) is 0 Å². The molecule has 0 spiro atoms. The Kier molecular flexibility index (Phi) is 5.24. The van der Waals surface area contributed by atoms with Crippen molar-refractivity contribution < 1.29 is 9.18 Å². The predicted octanol–water partition coefficient (Wildman–Crippen LogP) is 5.55. The van der Waals surface area contributed by atoms with Gasteiger partial charge in [0.2, 0.25) is 0 Å². The molecule has 1 nitrogen and oxygen atoms in total. The van der Waals surface area contributed by atoms with Gasteiger partial charge in [0.15, 0.2) is 0 Å². The minimum Gasteiger partial charge on any atom is -0.299 e. The van der Waals surface area contributed by atoms with Gasteiger partial charge in [-0.1, -0.05) is 36.7 Å². The van der Waals surface area contributed by atoms with Gasteiger partial charge in [-0.15, -0.1) is 0 Å². The Morgan fingerprint density at radius 3 is 2.43 bits per heavy atom. The van der Waals surface area contributed by atoms with Crippen LogP contribution < -0.4 is 0 Å². The van der Waals surface area contributed by atoms with Crippen LogP contribution in [0.3, 0.4) is 0 Å². The Bertz CT molecular complexity index is 510. The van der Waals surface area contributed by atoms with Crippen molar-refractivity contribution in [1.29, 1.82) is 0 Å². The molecule has 1 saturated carbocycles. The van der Waals surface area contributed by atoms with Crippen molar-refractivity contribution >= 4 is 21.7 Å². The second kappa shape index (κ2) is 6.60. The van der Waals surface area contributed by atoms with E-state index in [2.05, 4.69) is 36.7 Å². The van der Waals surface area contributed by atoms with Gasteiger partial charge >= 0.3 is 0 Å². The largest absolute Gasteiger partial charge is 0.299 e. The van der Waals surface area contributed by atoms with Gasteiger partial charge in [0.05, 0.1) is 0 Å². The molecule has 0 bridgehead atoms. The maximum atomic E-state index is 13.7. The lowest BCUT2D eigenvalue weighted by Crippen LogP contribution is -2.29. The van der Waals surface area contributed by atoms with E-state index in [1.807, 2.05) is 0 Å². The SMILES string of the molecule is CC(C)(C)C1CCC(C(=O)Cc2cc(Br)ccc2F)CC1. The fourth-order valence-electron chi connectivity index (χ4n) is 3.29. The third-order valence-electron chi connectivity index (χ3n) is 4.78. The standard InChI is InChI=1S/C18H24BrFO/c1-18(2,3)14-6-4-12(5-7-14)17(21)11-13-10-15(19)8-9-16(13)20/h8-10,12,14H,4-7,11H2,1-3H3. The van der Waals surface area contributed by atoms with Crippen LogP contribution in [0.1, 0.15) is 52.0 Å². The first-order chi connectivity index (χ1) is 9.77. The van der Waals surface area contributed by atoms with E-state index < -0.39 is 0 Å². The smallest absolute Gasteiger partial charge is 0.140 e. The van der Waals surface area contributed by atoms with Crippen LogP contribution in [0.15, 0.2) is 22.7 Å². The minimum absolute atomic E-state index is 0.113. The molecule has 1 aromatic rings. The zero-order valence-corrected chi connectivity index (χ0v) is 14.7. The molecule has 1 aromatic carbocycles. The van der Waals surface area contributed by atoms with Gasteiger partial charge in [-0.2, -0.15) is 0 Å². The normalized spacial score (nSPS) is 23.1. The van der Waals surface area contributed by atoms with Gasteiger partial charge in [-0.25, -0.2) is 4.39 Å². The summed E-state index contributed by atoms with van der Waals surface area (Å²) in [4.78, 5) is 12.4. The lowest BCUT2D eigenvalue weighted by atomic mass is 9.69. The van der Waals surface area contributed by atoms with Crippen LogP contribution in [0, 0.1) is 23.1 Å². The van der Waals surface area contributed by atoms with Gasteiger partial charge in [-0.05, 0) is 60.8 Å². The zero-order chi connectivity index (χ0) is 15.6. The molecule has 0 unspecified atom stereocenters. The Balaban J connectivity index is 1.95. The average molecular weight is 355 g/mol. The van der Waals surface area contributed by atoms with Gasteiger partial charge in [-0.3, -0.25) is 4.79 Å². The van der Waals surface area contributed by atoms with Crippen molar-refractivity contribution in [2.45, 2.75) is 52.9 Å². The fourth-order valence-corrected chi connectivity index (χ4v) is 3.70. The molecule has 21 heavy (non-hydrogen) atoms. The molecule has 3 heteroatoms. The number of ketones is 1. The highest BCUT2D eigenvalue weighted by Crippen LogP contribution is 2.40. The van der Waals surface area contributed by atoms with Crippen LogP contribution in [-0.4, -0.2) is 5.78 Å². The molecule has 0 saturated heterocycles. The summed E-state index contributed by atoms with van der Waals surface area (Å²) in [6.07, 6.45) is 4.35. The fraction of sp³-hybridized carbons (Fsp3) is 0.611. The van der Waals surface area contributed by atoms with Gasteiger partial charge in [0.25, 0.3) is 0 Å². The number of carbonyl (C=O) groups is 1. The molecule has 0 aliphatic heterocycles. The van der Waals surface area contributed by atoms with Crippen LogP contribution in [0.25, 0.3) is 0 Å². The monoisotopic (exact) mass is 354 g/mol. The van der Waals surface area contributed by atoms with Gasteiger partial charge < -0.3 is 0 Å². The summed E-state index contributed by atoms with van der Waals surface area (Å²) in [7, 11) is 0. The maximum absolute atomic E-state index is 13.7. The van der Waals surface area contributed by atoms with Crippen molar-refractivity contribution in [2.24, 2.45) is 17.3 Å². The molecule has 0 amide bonds. The molecule has 0 heterocycles. The maximum Gasteiger partial charge on any atom is 0.140 e. The first-order valence-electron chi connectivity index (χ1n) is 7.74. The Morgan fingerprint density at radius 1 is 1.24 bits per heavy atom. The molecule has 2 rings (SSSR count). The molecular formula is C18H24BrFO. The van der Waals surface area contributed by atoms with Crippen LogP contribution >= 0.6 is 15.9 Å². The van der Waals surface area contributed by atoms with Crippen molar-refractivity contribution in [3.63, 3.8) is 0 Å².